The molecule has 0 atom stereocenters. The molecule has 0 bridgehead atoms. The van der Waals surface area contributed by atoms with Gasteiger partial charge in [-0.25, -0.2) is 0 Å². The molecular formula is C20H21N3O4S. The number of hydrogen-bond donors (Lipinski definition) is 1. The fourth-order valence-corrected chi connectivity index (χ4v) is 3.03. The van der Waals surface area contributed by atoms with Crippen LogP contribution < -0.4 is 19.5 Å². The average molecular weight is 399 g/mol. The van der Waals surface area contributed by atoms with Crippen molar-refractivity contribution < 1.29 is 19.0 Å². The van der Waals surface area contributed by atoms with E-state index in [4.69, 9.17) is 14.2 Å². The van der Waals surface area contributed by atoms with Crippen LogP contribution in [0.2, 0.25) is 0 Å². The summed E-state index contributed by atoms with van der Waals surface area (Å²) in [6.07, 6.45) is 0.913. The minimum Gasteiger partial charge on any atom is -0.497 e. The highest BCUT2D eigenvalue weighted by molar-refractivity contribution is 7.10. The van der Waals surface area contributed by atoms with Crippen molar-refractivity contribution in [3.63, 3.8) is 0 Å². The topological polar surface area (TPSA) is 82.6 Å². The van der Waals surface area contributed by atoms with E-state index in [1.165, 1.54) is 0 Å². The SMILES string of the molecule is CCCOc1ccc(-c2nsc(NC(=O)c3ccc(OC)cc3)n2)cc1OC. The van der Waals surface area contributed by atoms with Gasteiger partial charge in [-0.15, -0.1) is 0 Å². The summed E-state index contributed by atoms with van der Waals surface area (Å²) < 4.78 is 20.5. The van der Waals surface area contributed by atoms with Gasteiger partial charge in [-0.1, -0.05) is 6.92 Å². The first-order valence-electron chi connectivity index (χ1n) is 8.75. The summed E-state index contributed by atoms with van der Waals surface area (Å²) >= 11 is 1.12. The third kappa shape index (κ3) is 4.58. The molecular weight excluding hydrogens is 378 g/mol. The van der Waals surface area contributed by atoms with Crippen molar-refractivity contribution in [1.82, 2.24) is 9.36 Å². The van der Waals surface area contributed by atoms with Gasteiger partial charge < -0.3 is 14.2 Å². The van der Waals surface area contributed by atoms with Crippen molar-refractivity contribution in [2.24, 2.45) is 0 Å². The number of aromatic nitrogens is 2. The van der Waals surface area contributed by atoms with E-state index in [-0.39, 0.29) is 5.91 Å². The zero-order chi connectivity index (χ0) is 19.9. The number of amides is 1. The average Bonchev–Trinajstić information content (AvgIpc) is 3.20. The molecule has 3 aromatic rings. The molecule has 0 fully saturated rings. The third-order valence-electron chi connectivity index (χ3n) is 3.88. The molecule has 7 nitrogen and oxygen atoms in total. The Balaban J connectivity index is 1.73. The minimum atomic E-state index is -0.258. The Hall–Kier alpha value is -3.13. The van der Waals surface area contributed by atoms with E-state index < -0.39 is 0 Å². The standard InChI is InChI=1S/C20H21N3O4S/c1-4-11-27-16-10-7-14(12-17(16)26-3)18-21-20(28-23-18)22-19(24)13-5-8-15(25-2)9-6-13/h5-10,12H,4,11H2,1-3H3,(H,21,22,23,24). The van der Waals surface area contributed by atoms with Crippen molar-refractivity contribution >= 4 is 22.6 Å². The summed E-state index contributed by atoms with van der Waals surface area (Å²) in [4.78, 5) is 16.8. The van der Waals surface area contributed by atoms with Crippen molar-refractivity contribution in [3.8, 4) is 28.6 Å². The highest BCUT2D eigenvalue weighted by atomic mass is 32.1. The van der Waals surface area contributed by atoms with Gasteiger partial charge in [-0.05, 0) is 48.9 Å². The quantitative estimate of drug-likeness (QED) is 0.609. The lowest BCUT2D eigenvalue weighted by Gasteiger charge is -2.10. The summed E-state index contributed by atoms with van der Waals surface area (Å²) in [5, 5.41) is 3.18. The van der Waals surface area contributed by atoms with Crippen LogP contribution in [0.25, 0.3) is 11.4 Å². The van der Waals surface area contributed by atoms with E-state index >= 15 is 0 Å². The summed E-state index contributed by atoms with van der Waals surface area (Å²) in [6, 6.07) is 12.4. The van der Waals surface area contributed by atoms with Gasteiger partial charge in [-0.3, -0.25) is 10.1 Å². The van der Waals surface area contributed by atoms with E-state index in [9.17, 15) is 4.79 Å². The number of carbonyl (C=O) groups excluding carboxylic acids is 1. The molecule has 28 heavy (non-hydrogen) atoms. The number of rotatable bonds is 8. The minimum absolute atomic E-state index is 0.258. The number of nitrogens with one attached hydrogen (secondary N) is 1. The maximum Gasteiger partial charge on any atom is 0.257 e. The van der Waals surface area contributed by atoms with Crippen LogP contribution in [-0.2, 0) is 0 Å². The second kappa shape index (κ2) is 9.18. The highest BCUT2D eigenvalue weighted by Gasteiger charge is 2.13. The molecule has 0 unspecified atom stereocenters. The van der Waals surface area contributed by atoms with Gasteiger partial charge in [0.2, 0.25) is 5.13 Å². The number of benzene rings is 2. The fourth-order valence-electron chi connectivity index (χ4n) is 2.44. The van der Waals surface area contributed by atoms with Gasteiger partial charge in [0.1, 0.15) is 5.75 Å². The number of anilines is 1. The van der Waals surface area contributed by atoms with Crippen LogP contribution in [0.3, 0.4) is 0 Å². The van der Waals surface area contributed by atoms with Crippen LogP contribution in [0.1, 0.15) is 23.7 Å². The molecule has 8 heteroatoms. The Morgan fingerprint density at radius 3 is 2.54 bits per heavy atom. The molecule has 1 amide bonds. The monoisotopic (exact) mass is 399 g/mol. The second-order valence-corrected chi connectivity index (χ2v) is 6.57. The van der Waals surface area contributed by atoms with Crippen LogP contribution in [0.5, 0.6) is 17.2 Å². The van der Waals surface area contributed by atoms with E-state index in [1.54, 1.807) is 38.5 Å². The molecule has 0 aliphatic rings. The van der Waals surface area contributed by atoms with E-state index in [0.29, 0.717) is 40.4 Å². The lowest BCUT2D eigenvalue weighted by atomic mass is 10.2. The molecule has 0 saturated carbocycles. The molecule has 0 aliphatic heterocycles. The number of ether oxygens (including phenoxy) is 3. The first-order chi connectivity index (χ1) is 13.6. The Morgan fingerprint density at radius 2 is 1.86 bits per heavy atom. The van der Waals surface area contributed by atoms with Crippen LogP contribution in [0.4, 0.5) is 5.13 Å². The van der Waals surface area contributed by atoms with Crippen molar-refractivity contribution in [2.45, 2.75) is 13.3 Å². The summed E-state index contributed by atoms with van der Waals surface area (Å²) in [6.45, 7) is 2.66. The normalized spacial score (nSPS) is 10.4. The summed E-state index contributed by atoms with van der Waals surface area (Å²) in [5.74, 6) is 2.23. The predicted octanol–water partition coefficient (Wildman–Crippen LogP) is 4.26. The van der Waals surface area contributed by atoms with Gasteiger partial charge >= 0.3 is 0 Å². The van der Waals surface area contributed by atoms with E-state index in [0.717, 1.165) is 23.5 Å². The zero-order valence-electron chi connectivity index (χ0n) is 15.9. The van der Waals surface area contributed by atoms with Gasteiger partial charge in [0.15, 0.2) is 17.3 Å². The Bertz CT molecular complexity index is 941. The Labute approximate surface area is 167 Å². The first-order valence-corrected chi connectivity index (χ1v) is 9.52. The number of nitrogens with zero attached hydrogens (tertiary/aromatic N) is 2. The van der Waals surface area contributed by atoms with Crippen LogP contribution >= 0.6 is 11.5 Å². The highest BCUT2D eigenvalue weighted by Crippen LogP contribution is 2.32. The summed E-state index contributed by atoms with van der Waals surface area (Å²) in [7, 11) is 3.17. The van der Waals surface area contributed by atoms with E-state index in [1.807, 2.05) is 25.1 Å². The van der Waals surface area contributed by atoms with Gasteiger partial charge in [0.05, 0.1) is 20.8 Å². The van der Waals surface area contributed by atoms with Crippen molar-refractivity contribution in [1.29, 1.82) is 0 Å². The van der Waals surface area contributed by atoms with Crippen molar-refractivity contribution in [3.05, 3.63) is 48.0 Å². The summed E-state index contributed by atoms with van der Waals surface area (Å²) in [5.41, 5.74) is 1.29. The largest absolute Gasteiger partial charge is 0.497 e. The first kappa shape index (κ1) is 19.6. The van der Waals surface area contributed by atoms with Gasteiger partial charge in [0, 0.05) is 22.7 Å². The maximum atomic E-state index is 12.4. The second-order valence-electron chi connectivity index (χ2n) is 5.82. The fraction of sp³-hybridized carbons (Fsp3) is 0.250. The lowest BCUT2D eigenvalue weighted by Crippen LogP contribution is -2.11. The van der Waals surface area contributed by atoms with Crippen LogP contribution in [-0.4, -0.2) is 36.1 Å². The molecule has 0 aliphatic carbocycles. The number of carbonyl (C=O) groups is 1. The molecule has 1 heterocycles. The Kier molecular flexibility index (Phi) is 6.44. The molecule has 0 spiro atoms. The smallest absolute Gasteiger partial charge is 0.257 e. The maximum absolute atomic E-state index is 12.4. The predicted molar refractivity (Wildman–Crippen MR) is 109 cm³/mol. The molecule has 1 aromatic heterocycles. The molecule has 1 N–H and O–H groups in total. The molecule has 146 valence electrons. The molecule has 0 saturated heterocycles. The third-order valence-corrected chi connectivity index (χ3v) is 4.51. The molecule has 3 rings (SSSR count). The van der Waals surface area contributed by atoms with E-state index in [2.05, 4.69) is 14.7 Å². The zero-order valence-corrected chi connectivity index (χ0v) is 16.7. The number of methoxy groups -OCH3 is 2. The molecule has 0 radical (unpaired) electrons. The van der Waals surface area contributed by atoms with Gasteiger partial charge in [0.25, 0.3) is 5.91 Å². The van der Waals surface area contributed by atoms with Crippen molar-refractivity contribution in [2.75, 3.05) is 26.1 Å². The number of hydrogen-bond acceptors (Lipinski definition) is 7. The van der Waals surface area contributed by atoms with Gasteiger partial charge in [-0.2, -0.15) is 9.36 Å². The Morgan fingerprint density at radius 1 is 1.07 bits per heavy atom. The van der Waals surface area contributed by atoms with Crippen LogP contribution in [0.15, 0.2) is 42.5 Å². The van der Waals surface area contributed by atoms with Crippen LogP contribution in [0, 0.1) is 0 Å². The lowest BCUT2D eigenvalue weighted by molar-refractivity contribution is 0.102. The molecule has 2 aromatic carbocycles.